The molecule has 0 amide bonds. The zero-order valence-electron chi connectivity index (χ0n) is 14.0. The third-order valence-electron chi connectivity index (χ3n) is 3.73. The Morgan fingerprint density at radius 1 is 1.38 bits per heavy atom. The summed E-state index contributed by atoms with van der Waals surface area (Å²) in [5.41, 5.74) is 1.96. The predicted molar refractivity (Wildman–Crippen MR) is 87.3 cm³/mol. The van der Waals surface area contributed by atoms with E-state index in [-0.39, 0.29) is 6.10 Å². The van der Waals surface area contributed by atoms with Gasteiger partial charge in [0.25, 0.3) is 0 Å². The minimum absolute atomic E-state index is 0.223. The van der Waals surface area contributed by atoms with Crippen LogP contribution in [-0.2, 0) is 9.53 Å². The van der Waals surface area contributed by atoms with Crippen LogP contribution >= 0.6 is 0 Å². The number of methoxy groups -OCH3 is 1. The third kappa shape index (κ3) is 2.82. The number of allylic oxidation sites excluding steroid dienone is 1. The fourth-order valence-electron chi connectivity index (χ4n) is 2.64. The van der Waals surface area contributed by atoms with Crippen molar-refractivity contribution in [3.05, 3.63) is 35.4 Å². The van der Waals surface area contributed by atoms with Crippen molar-refractivity contribution in [3.8, 4) is 5.75 Å². The molecule has 0 saturated heterocycles. The molecule has 24 heavy (non-hydrogen) atoms. The van der Waals surface area contributed by atoms with Gasteiger partial charge in [-0.3, -0.25) is 0 Å². The van der Waals surface area contributed by atoms with Crippen LogP contribution in [0.2, 0.25) is 0 Å². The van der Waals surface area contributed by atoms with Crippen LogP contribution < -0.4 is 10.1 Å². The van der Waals surface area contributed by atoms with Gasteiger partial charge in [0.05, 0.1) is 30.5 Å². The molecule has 1 aromatic carbocycles. The van der Waals surface area contributed by atoms with Crippen molar-refractivity contribution in [1.29, 1.82) is 0 Å². The van der Waals surface area contributed by atoms with Gasteiger partial charge in [0.15, 0.2) is 0 Å². The lowest BCUT2D eigenvalue weighted by Crippen LogP contribution is -2.29. The molecule has 1 N–H and O–H groups in total. The number of tetrazole rings is 1. The first-order valence-corrected chi connectivity index (χ1v) is 7.62. The fraction of sp³-hybridized carbons (Fsp3) is 0.375. The first-order chi connectivity index (χ1) is 11.5. The van der Waals surface area contributed by atoms with E-state index < -0.39 is 12.0 Å². The Morgan fingerprint density at radius 3 is 2.88 bits per heavy atom. The van der Waals surface area contributed by atoms with E-state index in [0.29, 0.717) is 23.0 Å². The second kappa shape index (κ2) is 6.31. The summed E-state index contributed by atoms with van der Waals surface area (Å²) in [7, 11) is 1.60. The molecule has 1 aromatic heterocycles. The Balaban J connectivity index is 2.09. The summed E-state index contributed by atoms with van der Waals surface area (Å²) in [6, 6.07) is 7.07. The summed E-state index contributed by atoms with van der Waals surface area (Å²) >= 11 is 0. The fourth-order valence-corrected chi connectivity index (χ4v) is 2.64. The number of esters is 1. The topological polar surface area (TPSA) is 91.2 Å². The maximum absolute atomic E-state index is 12.7. The molecular weight excluding hydrogens is 310 g/mol. The molecule has 3 rings (SSSR count). The predicted octanol–water partition coefficient (Wildman–Crippen LogP) is 2.03. The molecule has 1 unspecified atom stereocenters. The number of anilines is 1. The van der Waals surface area contributed by atoms with E-state index in [1.807, 2.05) is 38.1 Å². The number of carbonyl (C=O) groups is 1. The van der Waals surface area contributed by atoms with Gasteiger partial charge in [0.1, 0.15) is 5.75 Å². The first-order valence-electron chi connectivity index (χ1n) is 7.62. The van der Waals surface area contributed by atoms with Crippen LogP contribution in [0.4, 0.5) is 5.95 Å². The number of rotatable bonds is 4. The van der Waals surface area contributed by atoms with Crippen molar-refractivity contribution in [2.24, 2.45) is 0 Å². The maximum atomic E-state index is 12.7. The lowest BCUT2D eigenvalue weighted by molar-refractivity contribution is -0.142. The first kappa shape index (κ1) is 16.0. The Bertz CT molecular complexity index is 797. The summed E-state index contributed by atoms with van der Waals surface area (Å²) < 4.78 is 12.2. The quantitative estimate of drug-likeness (QED) is 0.858. The van der Waals surface area contributed by atoms with Crippen molar-refractivity contribution in [3.63, 3.8) is 0 Å². The monoisotopic (exact) mass is 329 g/mol. The second-order valence-electron chi connectivity index (χ2n) is 5.72. The molecule has 0 aliphatic carbocycles. The van der Waals surface area contributed by atoms with Gasteiger partial charge in [-0.2, -0.15) is 4.68 Å². The van der Waals surface area contributed by atoms with Crippen LogP contribution in [-0.4, -0.2) is 39.4 Å². The SMILES string of the molecule is COc1cccc(C2Nc3nnnn3C(C)=C2C(=O)OC(C)C)c1. The van der Waals surface area contributed by atoms with Gasteiger partial charge in [0.2, 0.25) is 5.95 Å². The number of hydrogen-bond acceptors (Lipinski definition) is 7. The molecule has 126 valence electrons. The highest BCUT2D eigenvalue weighted by Crippen LogP contribution is 2.36. The number of aromatic nitrogens is 4. The van der Waals surface area contributed by atoms with E-state index in [0.717, 1.165) is 5.56 Å². The molecule has 0 radical (unpaired) electrons. The highest BCUT2D eigenvalue weighted by Gasteiger charge is 2.34. The van der Waals surface area contributed by atoms with Crippen LogP contribution in [0.3, 0.4) is 0 Å². The zero-order chi connectivity index (χ0) is 17.3. The molecule has 0 saturated carbocycles. The standard InChI is InChI=1S/C16H19N5O3/c1-9(2)24-15(22)13-10(3)21-16(18-19-20-21)17-14(13)11-6-5-7-12(8-11)23-4/h5-9,14H,1-4H3,(H,17,18,20). The number of ether oxygens (including phenoxy) is 2. The van der Waals surface area contributed by atoms with Crippen molar-refractivity contribution in [1.82, 2.24) is 20.2 Å². The van der Waals surface area contributed by atoms with E-state index in [2.05, 4.69) is 20.8 Å². The molecule has 0 fully saturated rings. The van der Waals surface area contributed by atoms with Crippen LogP contribution in [0.25, 0.3) is 5.70 Å². The summed E-state index contributed by atoms with van der Waals surface area (Å²) in [5, 5.41) is 14.7. The molecule has 2 heterocycles. The Morgan fingerprint density at radius 2 is 2.17 bits per heavy atom. The molecule has 1 atom stereocenters. The van der Waals surface area contributed by atoms with Crippen LogP contribution in [0.1, 0.15) is 32.4 Å². The number of nitrogens with zero attached hydrogens (tertiary/aromatic N) is 4. The largest absolute Gasteiger partial charge is 0.497 e. The highest BCUT2D eigenvalue weighted by molar-refractivity contribution is 5.97. The van der Waals surface area contributed by atoms with Crippen LogP contribution in [0.15, 0.2) is 29.8 Å². The molecule has 1 aliphatic rings. The zero-order valence-corrected chi connectivity index (χ0v) is 14.0. The lowest BCUT2D eigenvalue weighted by Gasteiger charge is -2.28. The average Bonchev–Trinajstić information content (AvgIpc) is 3.03. The number of benzene rings is 1. The highest BCUT2D eigenvalue weighted by atomic mass is 16.5. The van der Waals surface area contributed by atoms with Gasteiger partial charge in [-0.25, -0.2) is 4.79 Å². The van der Waals surface area contributed by atoms with Crippen molar-refractivity contribution < 1.29 is 14.3 Å². The van der Waals surface area contributed by atoms with Crippen molar-refractivity contribution >= 4 is 17.6 Å². The molecule has 2 aromatic rings. The third-order valence-corrected chi connectivity index (χ3v) is 3.73. The molecule has 1 aliphatic heterocycles. The van der Waals surface area contributed by atoms with E-state index in [1.54, 1.807) is 14.0 Å². The Hall–Kier alpha value is -2.90. The summed E-state index contributed by atoms with van der Waals surface area (Å²) in [6.07, 6.45) is -0.223. The Kier molecular flexibility index (Phi) is 4.20. The lowest BCUT2D eigenvalue weighted by atomic mass is 9.95. The van der Waals surface area contributed by atoms with Crippen molar-refractivity contribution in [2.75, 3.05) is 12.4 Å². The van der Waals surface area contributed by atoms with Crippen LogP contribution in [0.5, 0.6) is 5.75 Å². The number of nitrogens with one attached hydrogen (secondary N) is 1. The second-order valence-corrected chi connectivity index (χ2v) is 5.72. The smallest absolute Gasteiger partial charge is 0.338 e. The van der Waals surface area contributed by atoms with E-state index in [4.69, 9.17) is 9.47 Å². The van der Waals surface area contributed by atoms with E-state index >= 15 is 0 Å². The summed E-state index contributed by atoms with van der Waals surface area (Å²) in [5.74, 6) is 0.777. The summed E-state index contributed by atoms with van der Waals surface area (Å²) in [4.78, 5) is 12.7. The van der Waals surface area contributed by atoms with Gasteiger partial charge < -0.3 is 14.8 Å². The molecule has 0 spiro atoms. The minimum Gasteiger partial charge on any atom is -0.497 e. The number of hydrogen-bond donors (Lipinski definition) is 1. The number of fused-ring (bicyclic) bond motifs is 1. The molecule has 8 nitrogen and oxygen atoms in total. The van der Waals surface area contributed by atoms with Gasteiger partial charge >= 0.3 is 5.97 Å². The normalized spacial score (nSPS) is 16.6. The van der Waals surface area contributed by atoms with Gasteiger partial charge in [-0.15, -0.1) is 0 Å². The minimum atomic E-state index is -0.426. The van der Waals surface area contributed by atoms with Gasteiger partial charge in [-0.1, -0.05) is 17.2 Å². The van der Waals surface area contributed by atoms with E-state index in [1.165, 1.54) is 4.68 Å². The maximum Gasteiger partial charge on any atom is 0.338 e. The average molecular weight is 329 g/mol. The molecule has 8 heteroatoms. The van der Waals surface area contributed by atoms with Crippen LogP contribution in [0, 0.1) is 0 Å². The number of carbonyl (C=O) groups excluding carboxylic acids is 1. The van der Waals surface area contributed by atoms with Gasteiger partial charge in [0, 0.05) is 0 Å². The van der Waals surface area contributed by atoms with E-state index in [9.17, 15) is 4.79 Å². The molecular formula is C16H19N5O3. The van der Waals surface area contributed by atoms with Crippen molar-refractivity contribution in [2.45, 2.75) is 32.9 Å². The Labute approximate surface area is 139 Å². The molecule has 0 bridgehead atoms. The summed E-state index contributed by atoms with van der Waals surface area (Å²) in [6.45, 7) is 5.42. The van der Waals surface area contributed by atoms with Gasteiger partial charge in [-0.05, 0) is 48.9 Å².